The molecular weight excluding hydrogens is 272 g/mol. The number of aliphatic hydroxyl groups is 1. The maximum Gasteiger partial charge on any atom is 0.240 e. The highest BCUT2D eigenvalue weighted by atomic mass is 32.2. The molecule has 0 amide bonds. The fourth-order valence-electron chi connectivity index (χ4n) is 1.36. The third-order valence-electron chi connectivity index (χ3n) is 2.29. The van der Waals surface area contributed by atoms with Gasteiger partial charge in [-0.05, 0) is 12.1 Å². The number of hydrogen-bond acceptors (Lipinski definition) is 6. The average molecular weight is 290 g/mol. The zero-order chi connectivity index (χ0) is 14.3. The molecule has 1 aromatic carbocycles. The minimum Gasteiger partial charge on any atom is -0.495 e. The van der Waals surface area contributed by atoms with Gasteiger partial charge in [-0.25, -0.2) is 13.1 Å². The number of hydrogen-bond donors (Lipinski definition) is 3. The smallest absolute Gasteiger partial charge is 0.240 e. The van der Waals surface area contributed by atoms with Gasteiger partial charge in [-0.2, -0.15) is 0 Å². The molecule has 1 aromatic rings. The first kappa shape index (κ1) is 15.7. The molecule has 0 spiro atoms. The molecule has 0 heterocycles. The van der Waals surface area contributed by atoms with Crippen molar-refractivity contribution < 1.29 is 23.0 Å². The van der Waals surface area contributed by atoms with E-state index in [2.05, 4.69) is 4.72 Å². The van der Waals surface area contributed by atoms with Crippen molar-refractivity contribution in [3.63, 3.8) is 0 Å². The summed E-state index contributed by atoms with van der Waals surface area (Å²) in [7, 11) is -2.21. The number of anilines is 1. The summed E-state index contributed by atoms with van der Waals surface area (Å²) in [5, 5.41) is 8.50. The standard InChI is InChI=1S/C11H18N2O5S/c1-17-11-8-9(2-3-10(11)12)19(15,16)13-4-6-18-7-5-14/h2-3,8,13-14H,4-7,12H2,1H3. The van der Waals surface area contributed by atoms with Crippen LogP contribution in [0.2, 0.25) is 0 Å². The van der Waals surface area contributed by atoms with Crippen LogP contribution in [0, 0.1) is 0 Å². The summed E-state index contributed by atoms with van der Waals surface area (Å²) < 4.78 is 36.2. The predicted octanol–water partition coefficient (Wildman–Crippen LogP) is -0.435. The Hall–Kier alpha value is -1.35. The first-order valence-electron chi connectivity index (χ1n) is 5.63. The molecule has 0 saturated heterocycles. The van der Waals surface area contributed by atoms with Crippen LogP contribution in [-0.4, -0.2) is 47.0 Å². The zero-order valence-corrected chi connectivity index (χ0v) is 11.4. The third-order valence-corrected chi connectivity index (χ3v) is 3.75. The monoisotopic (exact) mass is 290 g/mol. The van der Waals surface area contributed by atoms with Gasteiger partial charge in [0.25, 0.3) is 0 Å². The highest BCUT2D eigenvalue weighted by Gasteiger charge is 2.15. The highest BCUT2D eigenvalue weighted by Crippen LogP contribution is 2.24. The lowest BCUT2D eigenvalue weighted by Gasteiger charge is -2.09. The van der Waals surface area contributed by atoms with Gasteiger partial charge in [0.15, 0.2) is 0 Å². The normalized spacial score (nSPS) is 11.5. The van der Waals surface area contributed by atoms with E-state index < -0.39 is 10.0 Å². The molecule has 0 unspecified atom stereocenters. The van der Waals surface area contributed by atoms with Crippen LogP contribution in [0.3, 0.4) is 0 Å². The lowest BCUT2D eigenvalue weighted by Crippen LogP contribution is -2.27. The average Bonchev–Trinajstić information content (AvgIpc) is 2.38. The van der Waals surface area contributed by atoms with Crippen molar-refractivity contribution in [3.05, 3.63) is 18.2 Å². The molecule has 7 nitrogen and oxygen atoms in total. The Balaban J connectivity index is 2.67. The SMILES string of the molecule is COc1cc(S(=O)(=O)NCCOCCO)ccc1N. The quantitative estimate of drug-likeness (QED) is 0.442. The van der Waals surface area contributed by atoms with Crippen LogP contribution in [0.15, 0.2) is 23.1 Å². The second-order valence-corrected chi connectivity index (χ2v) is 5.40. The van der Waals surface area contributed by atoms with Crippen LogP contribution in [0.4, 0.5) is 5.69 Å². The summed E-state index contributed by atoms with van der Waals surface area (Å²) in [5.74, 6) is 0.305. The largest absolute Gasteiger partial charge is 0.495 e. The van der Waals surface area contributed by atoms with Gasteiger partial charge in [0.1, 0.15) is 5.75 Å². The topological polar surface area (TPSA) is 111 Å². The van der Waals surface area contributed by atoms with Gasteiger partial charge >= 0.3 is 0 Å². The van der Waals surface area contributed by atoms with E-state index in [1.165, 1.54) is 25.3 Å². The van der Waals surface area contributed by atoms with Crippen molar-refractivity contribution in [2.45, 2.75) is 4.90 Å². The second kappa shape index (κ2) is 7.29. The number of aliphatic hydroxyl groups excluding tert-OH is 1. The van der Waals surface area contributed by atoms with Crippen LogP contribution < -0.4 is 15.2 Å². The predicted molar refractivity (Wildman–Crippen MR) is 70.5 cm³/mol. The Morgan fingerprint density at radius 2 is 2.11 bits per heavy atom. The minimum absolute atomic E-state index is 0.0701. The van der Waals surface area contributed by atoms with Crippen LogP contribution in [0.1, 0.15) is 0 Å². The summed E-state index contributed by atoms with van der Waals surface area (Å²) in [5.41, 5.74) is 5.98. The summed E-state index contributed by atoms with van der Waals surface area (Å²) in [4.78, 5) is 0.0701. The highest BCUT2D eigenvalue weighted by molar-refractivity contribution is 7.89. The molecule has 0 aliphatic heterocycles. The van der Waals surface area contributed by atoms with E-state index in [0.717, 1.165) is 0 Å². The summed E-state index contributed by atoms with van der Waals surface area (Å²) in [6.07, 6.45) is 0. The maximum atomic E-state index is 11.9. The fourth-order valence-corrected chi connectivity index (χ4v) is 2.38. The number of sulfonamides is 1. The van der Waals surface area contributed by atoms with E-state index in [9.17, 15) is 8.42 Å². The van der Waals surface area contributed by atoms with E-state index in [4.69, 9.17) is 20.3 Å². The van der Waals surface area contributed by atoms with E-state index in [0.29, 0.717) is 11.4 Å². The van der Waals surface area contributed by atoms with Crippen LogP contribution in [0.5, 0.6) is 5.75 Å². The minimum atomic E-state index is -3.62. The molecule has 0 fully saturated rings. The Bertz CT molecular complexity index is 504. The van der Waals surface area contributed by atoms with Gasteiger partial charge in [0, 0.05) is 12.6 Å². The lowest BCUT2D eigenvalue weighted by atomic mass is 10.3. The fraction of sp³-hybridized carbons (Fsp3) is 0.455. The third kappa shape index (κ3) is 4.67. The molecular formula is C11H18N2O5S. The number of methoxy groups -OCH3 is 1. The Labute approximate surface area is 112 Å². The van der Waals surface area contributed by atoms with Crippen molar-refractivity contribution in [1.82, 2.24) is 4.72 Å². The van der Waals surface area contributed by atoms with Crippen LogP contribution in [0.25, 0.3) is 0 Å². The summed E-state index contributed by atoms with van der Waals surface area (Å²) in [6.45, 7) is 0.389. The van der Waals surface area contributed by atoms with Gasteiger partial charge in [0.2, 0.25) is 10.0 Å². The number of benzene rings is 1. The molecule has 0 radical (unpaired) electrons. The zero-order valence-electron chi connectivity index (χ0n) is 10.6. The number of ether oxygens (including phenoxy) is 2. The molecule has 1 rings (SSSR count). The molecule has 0 saturated carbocycles. The van der Waals surface area contributed by atoms with E-state index in [1.807, 2.05) is 0 Å². The first-order chi connectivity index (χ1) is 9.01. The number of nitrogens with two attached hydrogens (primary N) is 1. The molecule has 108 valence electrons. The maximum absolute atomic E-state index is 11.9. The van der Waals surface area contributed by atoms with Crippen LogP contribution >= 0.6 is 0 Å². The number of nitrogen functional groups attached to an aromatic ring is 1. The van der Waals surface area contributed by atoms with Crippen molar-refractivity contribution in [3.8, 4) is 5.75 Å². The number of nitrogens with one attached hydrogen (secondary N) is 1. The van der Waals surface area contributed by atoms with Crippen LogP contribution in [-0.2, 0) is 14.8 Å². The van der Waals surface area contributed by atoms with E-state index >= 15 is 0 Å². The first-order valence-corrected chi connectivity index (χ1v) is 7.11. The van der Waals surface area contributed by atoms with Gasteiger partial charge in [0.05, 0.1) is 37.5 Å². The van der Waals surface area contributed by atoms with Gasteiger partial charge in [-0.1, -0.05) is 0 Å². The van der Waals surface area contributed by atoms with E-state index in [-0.39, 0.29) is 31.3 Å². The van der Waals surface area contributed by atoms with Gasteiger partial charge in [-0.15, -0.1) is 0 Å². The molecule has 19 heavy (non-hydrogen) atoms. The van der Waals surface area contributed by atoms with E-state index in [1.54, 1.807) is 0 Å². The summed E-state index contributed by atoms with van der Waals surface area (Å²) >= 11 is 0. The lowest BCUT2D eigenvalue weighted by molar-refractivity contribution is 0.0961. The molecule has 4 N–H and O–H groups in total. The van der Waals surface area contributed by atoms with Crippen molar-refractivity contribution >= 4 is 15.7 Å². The molecule has 0 aliphatic rings. The molecule has 0 aromatic heterocycles. The Kier molecular flexibility index (Phi) is 6.03. The van der Waals surface area contributed by atoms with Crippen molar-refractivity contribution in [2.24, 2.45) is 0 Å². The molecule has 8 heteroatoms. The van der Waals surface area contributed by atoms with Crippen molar-refractivity contribution in [1.29, 1.82) is 0 Å². The molecule has 0 atom stereocenters. The Morgan fingerprint density at radius 3 is 2.74 bits per heavy atom. The second-order valence-electron chi connectivity index (χ2n) is 3.64. The number of rotatable bonds is 8. The van der Waals surface area contributed by atoms with Gasteiger partial charge in [-0.3, -0.25) is 0 Å². The molecule has 0 aliphatic carbocycles. The molecule has 0 bridgehead atoms. The van der Waals surface area contributed by atoms with Gasteiger partial charge < -0.3 is 20.3 Å². The Morgan fingerprint density at radius 1 is 1.37 bits per heavy atom. The summed E-state index contributed by atoms with van der Waals surface area (Å²) in [6, 6.07) is 4.22. The van der Waals surface area contributed by atoms with Crippen molar-refractivity contribution in [2.75, 3.05) is 39.2 Å².